The predicted octanol–water partition coefficient (Wildman–Crippen LogP) is 2.95. The summed E-state index contributed by atoms with van der Waals surface area (Å²) in [4.78, 5) is 0. The van der Waals surface area contributed by atoms with Gasteiger partial charge in [-0.1, -0.05) is 13.8 Å². The molecule has 0 unspecified atom stereocenters. The van der Waals surface area contributed by atoms with Crippen LogP contribution in [0.5, 0.6) is 0 Å². The van der Waals surface area contributed by atoms with Crippen LogP contribution in [0.3, 0.4) is 0 Å². The highest BCUT2D eigenvalue weighted by molar-refractivity contribution is 7.09. The summed E-state index contributed by atoms with van der Waals surface area (Å²) in [6, 6.07) is 0.553. The molecule has 0 aliphatic carbocycles. The van der Waals surface area contributed by atoms with Crippen LogP contribution in [-0.2, 0) is 6.42 Å². The first-order valence-corrected chi connectivity index (χ1v) is 5.98. The van der Waals surface area contributed by atoms with Gasteiger partial charge in [-0.05, 0) is 19.8 Å². The van der Waals surface area contributed by atoms with E-state index in [0.717, 1.165) is 6.42 Å². The smallest absolute Gasteiger partial charge is 0.191 e. The summed E-state index contributed by atoms with van der Waals surface area (Å²) in [6.07, 6.45) is 3.36. The summed E-state index contributed by atoms with van der Waals surface area (Å²) in [7, 11) is 0. The highest BCUT2D eigenvalue weighted by atomic mass is 32.1. The maximum atomic E-state index is 4.55. The van der Waals surface area contributed by atoms with Crippen molar-refractivity contribution in [1.82, 2.24) is 4.37 Å². The molecule has 0 saturated heterocycles. The van der Waals surface area contributed by atoms with Gasteiger partial charge in [-0.25, -0.2) is 0 Å². The van der Waals surface area contributed by atoms with Crippen molar-refractivity contribution in [3.8, 4) is 0 Å². The number of hydrogen-bond acceptors (Lipinski definition) is 2. The van der Waals surface area contributed by atoms with Crippen LogP contribution in [0.25, 0.3) is 0 Å². The van der Waals surface area contributed by atoms with Gasteiger partial charge in [0.2, 0.25) is 0 Å². The van der Waals surface area contributed by atoms with Crippen LogP contribution in [0.15, 0.2) is 0 Å². The van der Waals surface area contributed by atoms with Crippen molar-refractivity contribution in [3.05, 3.63) is 11.3 Å². The Morgan fingerprint density at radius 1 is 1.36 bits per heavy atom. The van der Waals surface area contributed by atoms with E-state index in [1.54, 1.807) is 11.5 Å². The van der Waals surface area contributed by atoms with E-state index >= 15 is 0 Å². The molecule has 0 fully saturated rings. The second kappa shape index (κ2) is 3.46. The fourth-order valence-electron chi connectivity index (χ4n) is 1.88. The molecule has 0 atom stereocenters. The molecule has 1 aromatic heterocycles. The highest BCUT2D eigenvalue weighted by Crippen LogP contribution is 2.35. The second-order valence-corrected chi connectivity index (χ2v) is 5.15. The molecule has 3 heteroatoms. The predicted molar refractivity (Wildman–Crippen MR) is 61.0 cm³/mol. The molecule has 0 N–H and O–H groups in total. The number of aromatic nitrogens is 1. The van der Waals surface area contributed by atoms with Gasteiger partial charge in [-0.15, -0.1) is 0 Å². The summed E-state index contributed by atoms with van der Waals surface area (Å²) in [5.41, 5.74) is 2.75. The maximum absolute atomic E-state index is 4.55. The van der Waals surface area contributed by atoms with Crippen molar-refractivity contribution in [1.29, 1.82) is 0 Å². The molecular weight excluding hydrogens is 192 g/mol. The largest absolute Gasteiger partial charge is 0.284 e. The van der Waals surface area contributed by atoms with Gasteiger partial charge in [0.1, 0.15) is 0 Å². The first-order valence-electron chi connectivity index (χ1n) is 5.21. The van der Waals surface area contributed by atoms with E-state index in [2.05, 4.69) is 42.9 Å². The summed E-state index contributed by atoms with van der Waals surface area (Å²) in [5, 5.41) is 1.36. The van der Waals surface area contributed by atoms with Crippen LogP contribution in [0.4, 0.5) is 5.00 Å². The molecule has 0 amide bonds. The second-order valence-electron chi connectivity index (χ2n) is 4.39. The lowest BCUT2D eigenvalue weighted by Gasteiger charge is -2.00. The third kappa shape index (κ3) is 1.40. The van der Waals surface area contributed by atoms with Crippen LogP contribution in [0.1, 0.15) is 44.9 Å². The van der Waals surface area contributed by atoms with Crippen LogP contribution < -0.4 is 0 Å². The minimum atomic E-state index is 0.551. The Bertz CT molecular complexity index is 375. The molecule has 1 aliphatic rings. The molecular formula is C11H17N2S+. The molecule has 0 bridgehead atoms. The van der Waals surface area contributed by atoms with Crippen molar-refractivity contribution >= 4 is 22.7 Å². The van der Waals surface area contributed by atoms with Gasteiger partial charge in [0, 0.05) is 11.5 Å². The van der Waals surface area contributed by atoms with Gasteiger partial charge in [0.25, 0.3) is 5.00 Å². The zero-order valence-corrected chi connectivity index (χ0v) is 10.1. The van der Waals surface area contributed by atoms with E-state index in [0.29, 0.717) is 12.0 Å². The first kappa shape index (κ1) is 9.84. The molecule has 14 heavy (non-hydrogen) atoms. The van der Waals surface area contributed by atoms with E-state index in [1.807, 2.05) is 0 Å². The molecule has 2 rings (SSSR count). The fraction of sp³-hybridized carbons (Fsp3) is 0.636. The van der Waals surface area contributed by atoms with E-state index in [1.165, 1.54) is 16.3 Å². The van der Waals surface area contributed by atoms with Gasteiger partial charge in [-0.3, -0.25) is 0 Å². The van der Waals surface area contributed by atoms with Crippen LogP contribution in [0, 0.1) is 0 Å². The lowest BCUT2D eigenvalue weighted by molar-refractivity contribution is -0.464. The Morgan fingerprint density at radius 2 is 2.07 bits per heavy atom. The molecule has 2 heterocycles. The summed E-state index contributed by atoms with van der Waals surface area (Å²) in [6.45, 7) is 8.88. The third-order valence-corrected chi connectivity index (χ3v) is 3.55. The average Bonchev–Trinajstić information content (AvgIpc) is 2.59. The molecule has 0 saturated carbocycles. The Labute approximate surface area is 89.5 Å². The lowest BCUT2D eigenvalue weighted by atomic mass is 10.1. The SMILES string of the molecule is CC(C)c1nsc2c1CC=[N+]2C(C)C. The Balaban J connectivity index is 2.40. The minimum absolute atomic E-state index is 0.551. The number of nitrogens with zero attached hydrogens (tertiary/aromatic N) is 2. The van der Waals surface area contributed by atoms with Gasteiger partial charge in [-0.2, -0.15) is 8.95 Å². The highest BCUT2D eigenvalue weighted by Gasteiger charge is 2.30. The van der Waals surface area contributed by atoms with Gasteiger partial charge in [0.05, 0.1) is 17.7 Å². The standard InChI is InChI=1S/C11H17N2S/c1-7(2)10-9-5-6-13(8(3)4)11(9)14-12-10/h6-8H,5H2,1-4H3/q+1. The molecule has 76 valence electrons. The van der Waals surface area contributed by atoms with Gasteiger partial charge < -0.3 is 0 Å². The summed E-state index contributed by atoms with van der Waals surface area (Å²) >= 11 is 1.65. The van der Waals surface area contributed by atoms with Crippen LogP contribution >= 0.6 is 11.5 Å². The van der Waals surface area contributed by atoms with E-state index < -0.39 is 0 Å². The van der Waals surface area contributed by atoms with E-state index in [9.17, 15) is 0 Å². The Morgan fingerprint density at radius 3 is 2.64 bits per heavy atom. The topological polar surface area (TPSA) is 15.9 Å². The van der Waals surface area contributed by atoms with Crippen molar-refractivity contribution in [2.45, 2.75) is 46.1 Å². The monoisotopic (exact) mass is 209 g/mol. The maximum Gasteiger partial charge on any atom is 0.284 e. The molecule has 1 aromatic rings. The lowest BCUT2D eigenvalue weighted by Crippen LogP contribution is -2.12. The first-order chi connectivity index (χ1) is 6.61. The molecule has 0 aromatic carbocycles. The summed E-state index contributed by atoms with van der Waals surface area (Å²) < 4.78 is 6.90. The fourth-order valence-corrected chi connectivity index (χ4v) is 3.06. The molecule has 0 radical (unpaired) electrons. The Hall–Kier alpha value is -0.700. The van der Waals surface area contributed by atoms with Gasteiger partial charge >= 0.3 is 0 Å². The van der Waals surface area contributed by atoms with Crippen molar-refractivity contribution in [3.63, 3.8) is 0 Å². The molecule has 0 spiro atoms. The van der Waals surface area contributed by atoms with Crippen molar-refractivity contribution in [2.24, 2.45) is 0 Å². The van der Waals surface area contributed by atoms with E-state index in [-0.39, 0.29) is 0 Å². The van der Waals surface area contributed by atoms with Crippen LogP contribution in [0.2, 0.25) is 0 Å². The van der Waals surface area contributed by atoms with Crippen molar-refractivity contribution in [2.75, 3.05) is 0 Å². The normalized spacial score (nSPS) is 15.1. The third-order valence-electron chi connectivity index (χ3n) is 2.63. The van der Waals surface area contributed by atoms with Crippen molar-refractivity contribution < 1.29 is 4.58 Å². The van der Waals surface area contributed by atoms with E-state index in [4.69, 9.17) is 0 Å². The Kier molecular flexibility index (Phi) is 2.43. The number of fused-ring (bicyclic) bond motifs is 1. The average molecular weight is 209 g/mol. The zero-order chi connectivity index (χ0) is 10.3. The number of rotatable bonds is 2. The minimum Gasteiger partial charge on any atom is -0.191 e. The number of hydrogen-bond donors (Lipinski definition) is 0. The quantitative estimate of drug-likeness (QED) is 0.684. The molecule has 1 aliphatic heterocycles. The molecule has 2 nitrogen and oxygen atoms in total. The zero-order valence-electron chi connectivity index (χ0n) is 9.24. The summed E-state index contributed by atoms with van der Waals surface area (Å²) in [5.74, 6) is 0.551. The van der Waals surface area contributed by atoms with Gasteiger partial charge in [0.15, 0.2) is 12.3 Å². The van der Waals surface area contributed by atoms with Crippen LogP contribution in [-0.4, -0.2) is 21.2 Å².